The van der Waals surface area contributed by atoms with E-state index in [1.54, 1.807) is 0 Å². The molecule has 1 aromatic heterocycles. The summed E-state index contributed by atoms with van der Waals surface area (Å²) in [6.45, 7) is 8.10. The number of H-pyrrole nitrogens is 1. The fourth-order valence-electron chi connectivity index (χ4n) is 4.74. The molecular weight excluding hydrogens is 476 g/mol. The maximum absolute atomic E-state index is 13.8. The fourth-order valence-corrected chi connectivity index (χ4v) is 4.74. The Kier molecular flexibility index (Phi) is 6.59. The maximum Gasteiger partial charge on any atom is 0.329 e. The minimum atomic E-state index is -0.504. The summed E-state index contributed by atoms with van der Waals surface area (Å²) in [4.78, 5) is 41.0. The Hall–Kier alpha value is -4.65. The van der Waals surface area contributed by atoms with Gasteiger partial charge in [-0.15, -0.1) is 0 Å². The van der Waals surface area contributed by atoms with Crippen LogP contribution in [0.3, 0.4) is 0 Å². The second kappa shape index (κ2) is 10.0. The summed E-state index contributed by atoms with van der Waals surface area (Å²) >= 11 is 0. The summed E-state index contributed by atoms with van der Waals surface area (Å²) in [5, 5.41) is 5.97. The van der Waals surface area contributed by atoms with Gasteiger partial charge in [0.15, 0.2) is 0 Å². The van der Waals surface area contributed by atoms with Crippen molar-refractivity contribution in [2.45, 2.75) is 40.7 Å². The minimum Gasteiger partial charge on any atom is -0.303 e. The van der Waals surface area contributed by atoms with Gasteiger partial charge in [0.1, 0.15) is 5.70 Å². The molecule has 1 saturated heterocycles. The molecule has 7 heteroatoms. The number of carbonyl (C=O) groups is 2. The molecule has 3 amide bonds. The van der Waals surface area contributed by atoms with E-state index in [1.807, 2.05) is 94.4 Å². The number of aromatic nitrogens is 2. The molecular formula is C31H30N4O3. The molecule has 0 unspecified atom stereocenters. The second-order valence-electron chi connectivity index (χ2n) is 9.77. The molecule has 2 N–H and O–H groups in total. The zero-order valence-electron chi connectivity index (χ0n) is 22.0. The van der Waals surface area contributed by atoms with Crippen molar-refractivity contribution in [3.8, 4) is 5.69 Å². The molecule has 0 atom stereocenters. The topological polar surface area (TPSA) is 87.2 Å². The molecule has 1 aliphatic heterocycles. The molecule has 7 nitrogen and oxygen atoms in total. The van der Waals surface area contributed by atoms with E-state index in [0.717, 1.165) is 39.1 Å². The number of carbonyl (C=O) groups excluding carboxylic acids is 2. The quantitative estimate of drug-likeness (QED) is 0.282. The summed E-state index contributed by atoms with van der Waals surface area (Å²) < 4.78 is 1.52. The molecule has 3 aromatic carbocycles. The monoisotopic (exact) mass is 506 g/mol. The average molecular weight is 507 g/mol. The SMILES string of the molecule is Cc1ccccc1Cc1[nH]n(-c2cccc(C)c2C)c(=O)c1/C=C1\NC(=O)N(Cc2ccccc2C)C1=O. The van der Waals surface area contributed by atoms with E-state index in [0.29, 0.717) is 17.7 Å². The van der Waals surface area contributed by atoms with Gasteiger partial charge in [-0.3, -0.25) is 19.6 Å². The molecule has 4 aromatic rings. The van der Waals surface area contributed by atoms with Crippen LogP contribution in [0.1, 0.15) is 44.6 Å². The van der Waals surface area contributed by atoms with Crippen LogP contribution in [0.15, 0.2) is 77.2 Å². The van der Waals surface area contributed by atoms with Crippen molar-refractivity contribution in [1.29, 1.82) is 0 Å². The van der Waals surface area contributed by atoms with E-state index in [-0.39, 0.29) is 17.8 Å². The lowest BCUT2D eigenvalue weighted by Gasteiger charge is -2.13. The van der Waals surface area contributed by atoms with E-state index in [9.17, 15) is 14.4 Å². The van der Waals surface area contributed by atoms with Gasteiger partial charge in [-0.1, -0.05) is 60.7 Å². The lowest BCUT2D eigenvalue weighted by atomic mass is 10.0. The molecule has 0 radical (unpaired) electrons. The number of nitrogens with zero attached hydrogens (tertiary/aromatic N) is 2. The van der Waals surface area contributed by atoms with Crippen LogP contribution in [0.5, 0.6) is 0 Å². The standard InChI is InChI=1S/C31H30N4O3/c1-19-12-9-15-28(22(19)4)35-29(36)25(26(33-35)16-23-13-7-5-10-20(23)2)17-27-30(37)34(31(38)32-27)18-24-14-8-6-11-21(24)3/h5-15,17,33H,16,18H2,1-4H3,(H,32,38)/b27-17-. The van der Waals surface area contributed by atoms with Crippen LogP contribution in [0, 0.1) is 27.7 Å². The molecule has 192 valence electrons. The Morgan fingerprint density at radius 2 is 1.39 bits per heavy atom. The van der Waals surface area contributed by atoms with Gasteiger partial charge in [-0.2, -0.15) is 0 Å². The highest BCUT2D eigenvalue weighted by atomic mass is 16.2. The van der Waals surface area contributed by atoms with Crippen molar-refractivity contribution in [2.24, 2.45) is 0 Å². The zero-order chi connectivity index (χ0) is 27.0. The smallest absolute Gasteiger partial charge is 0.303 e. The maximum atomic E-state index is 13.8. The van der Waals surface area contributed by atoms with Gasteiger partial charge in [0, 0.05) is 12.1 Å². The van der Waals surface area contributed by atoms with Crippen LogP contribution in [0.4, 0.5) is 4.79 Å². The molecule has 1 fully saturated rings. The Morgan fingerprint density at radius 1 is 0.763 bits per heavy atom. The number of urea groups is 1. The Labute approximate surface area is 221 Å². The van der Waals surface area contributed by atoms with Crippen molar-refractivity contribution < 1.29 is 9.59 Å². The molecule has 38 heavy (non-hydrogen) atoms. The van der Waals surface area contributed by atoms with E-state index < -0.39 is 11.9 Å². The fraction of sp³-hybridized carbons (Fsp3) is 0.194. The number of benzene rings is 3. The van der Waals surface area contributed by atoms with Gasteiger partial charge in [0.2, 0.25) is 0 Å². The predicted octanol–water partition coefficient (Wildman–Crippen LogP) is 5.08. The van der Waals surface area contributed by atoms with Crippen molar-refractivity contribution in [1.82, 2.24) is 20.0 Å². The predicted molar refractivity (Wildman–Crippen MR) is 148 cm³/mol. The summed E-state index contributed by atoms with van der Waals surface area (Å²) in [6.07, 6.45) is 1.97. The average Bonchev–Trinajstić information content (AvgIpc) is 3.34. The minimum absolute atomic E-state index is 0.0823. The summed E-state index contributed by atoms with van der Waals surface area (Å²) in [5.74, 6) is -0.459. The van der Waals surface area contributed by atoms with Gasteiger partial charge in [0.05, 0.1) is 17.8 Å². The number of hydrogen-bond acceptors (Lipinski definition) is 3. The highest BCUT2D eigenvalue weighted by molar-refractivity contribution is 6.14. The molecule has 1 aliphatic rings. The van der Waals surface area contributed by atoms with Crippen molar-refractivity contribution in [3.63, 3.8) is 0 Å². The van der Waals surface area contributed by atoms with Crippen LogP contribution in [-0.4, -0.2) is 26.6 Å². The number of aromatic amines is 1. The molecule has 0 bridgehead atoms. The molecule has 2 heterocycles. The zero-order valence-corrected chi connectivity index (χ0v) is 22.0. The third-order valence-corrected chi connectivity index (χ3v) is 7.29. The number of aryl methyl sites for hydroxylation is 3. The van der Waals surface area contributed by atoms with Crippen LogP contribution in [0.25, 0.3) is 11.8 Å². The number of hydrogen-bond donors (Lipinski definition) is 2. The first-order valence-electron chi connectivity index (χ1n) is 12.6. The normalized spacial score (nSPS) is 14.4. The first-order chi connectivity index (χ1) is 18.2. The first kappa shape index (κ1) is 25.0. The van der Waals surface area contributed by atoms with Crippen LogP contribution < -0.4 is 10.9 Å². The second-order valence-corrected chi connectivity index (χ2v) is 9.77. The summed E-state index contributed by atoms with van der Waals surface area (Å²) in [6, 6.07) is 20.9. The Balaban J connectivity index is 1.58. The Bertz CT molecular complexity index is 1660. The number of nitrogens with one attached hydrogen (secondary N) is 2. The molecule has 5 rings (SSSR count). The Morgan fingerprint density at radius 3 is 2.08 bits per heavy atom. The van der Waals surface area contributed by atoms with E-state index >= 15 is 0 Å². The number of imide groups is 1. The van der Waals surface area contributed by atoms with Gasteiger partial charge >= 0.3 is 6.03 Å². The van der Waals surface area contributed by atoms with E-state index in [2.05, 4.69) is 10.4 Å². The number of rotatable bonds is 6. The molecule has 0 spiro atoms. The van der Waals surface area contributed by atoms with Gasteiger partial charge in [-0.05, 0) is 73.2 Å². The van der Waals surface area contributed by atoms with Crippen molar-refractivity contribution >= 4 is 18.0 Å². The molecule has 0 saturated carbocycles. The van der Waals surface area contributed by atoms with Crippen LogP contribution in [0.2, 0.25) is 0 Å². The first-order valence-corrected chi connectivity index (χ1v) is 12.6. The number of amides is 3. The van der Waals surface area contributed by atoms with Crippen LogP contribution >= 0.6 is 0 Å². The van der Waals surface area contributed by atoms with E-state index in [4.69, 9.17) is 0 Å². The van der Waals surface area contributed by atoms with Crippen LogP contribution in [-0.2, 0) is 17.8 Å². The highest BCUT2D eigenvalue weighted by Crippen LogP contribution is 2.22. The third kappa shape index (κ3) is 4.59. The van der Waals surface area contributed by atoms with Crippen molar-refractivity contribution in [3.05, 3.63) is 127 Å². The largest absolute Gasteiger partial charge is 0.329 e. The van der Waals surface area contributed by atoms with Gasteiger partial charge < -0.3 is 5.32 Å². The highest BCUT2D eigenvalue weighted by Gasteiger charge is 2.34. The van der Waals surface area contributed by atoms with Gasteiger partial charge in [0.25, 0.3) is 11.5 Å². The lowest BCUT2D eigenvalue weighted by Crippen LogP contribution is -2.30. The van der Waals surface area contributed by atoms with E-state index in [1.165, 1.54) is 15.7 Å². The van der Waals surface area contributed by atoms with Gasteiger partial charge in [-0.25, -0.2) is 9.48 Å². The molecule has 0 aliphatic carbocycles. The van der Waals surface area contributed by atoms with Crippen molar-refractivity contribution in [2.75, 3.05) is 0 Å². The lowest BCUT2D eigenvalue weighted by molar-refractivity contribution is -0.123. The summed E-state index contributed by atoms with van der Waals surface area (Å²) in [7, 11) is 0. The third-order valence-electron chi connectivity index (χ3n) is 7.29. The summed E-state index contributed by atoms with van der Waals surface area (Å²) in [5.41, 5.74) is 7.63.